The van der Waals surface area contributed by atoms with Crippen LogP contribution in [0.5, 0.6) is 11.5 Å². The summed E-state index contributed by atoms with van der Waals surface area (Å²) in [6, 6.07) is 11.4. The zero-order valence-electron chi connectivity index (χ0n) is 14.4. The number of phenolic OH excluding ortho intramolecular Hbond substituents is 2. The second-order valence-electron chi connectivity index (χ2n) is 7.93. The summed E-state index contributed by atoms with van der Waals surface area (Å²) in [5.74, 6) is 0.614. The lowest BCUT2D eigenvalue weighted by Crippen LogP contribution is -2.12. The molecule has 0 aliphatic carbocycles. The van der Waals surface area contributed by atoms with Crippen molar-refractivity contribution in [2.45, 2.75) is 52.4 Å². The van der Waals surface area contributed by atoms with E-state index in [1.807, 2.05) is 30.3 Å². The predicted molar refractivity (Wildman–Crippen MR) is 92.6 cm³/mol. The molecule has 0 bridgehead atoms. The van der Waals surface area contributed by atoms with Crippen molar-refractivity contribution in [2.75, 3.05) is 0 Å². The third-order valence-corrected chi connectivity index (χ3v) is 3.96. The molecule has 118 valence electrons. The molecule has 0 aliphatic rings. The minimum Gasteiger partial charge on any atom is -0.508 e. The smallest absolute Gasteiger partial charge is 0.127 e. The van der Waals surface area contributed by atoms with E-state index in [4.69, 9.17) is 0 Å². The molecule has 0 amide bonds. The van der Waals surface area contributed by atoms with Crippen LogP contribution in [0.15, 0.2) is 36.4 Å². The fourth-order valence-electron chi connectivity index (χ4n) is 2.69. The molecule has 22 heavy (non-hydrogen) atoms. The highest BCUT2D eigenvalue weighted by Crippen LogP contribution is 2.40. The molecule has 2 N–H and O–H groups in total. The first-order chi connectivity index (χ1) is 10.0. The van der Waals surface area contributed by atoms with Gasteiger partial charge in [-0.1, -0.05) is 65.8 Å². The third-order valence-electron chi connectivity index (χ3n) is 3.96. The number of hydrogen-bond acceptors (Lipinski definition) is 2. The Balaban J connectivity index is 2.64. The molecule has 2 heteroatoms. The van der Waals surface area contributed by atoms with Crippen LogP contribution in [-0.4, -0.2) is 10.2 Å². The van der Waals surface area contributed by atoms with Crippen LogP contribution in [-0.2, 0) is 10.8 Å². The quantitative estimate of drug-likeness (QED) is 0.744. The van der Waals surface area contributed by atoms with Gasteiger partial charge in [0.25, 0.3) is 0 Å². The van der Waals surface area contributed by atoms with Crippen molar-refractivity contribution in [3.8, 4) is 22.6 Å². The average molecular weight is 298 g/mol. The van der Waals surface area contributed by atoms with Gasteiger partial charge in [-0.25, -0.2) is 0 Å². The maximum atomic E-state index is 10.7. The molecule has 0 unspecified atom stereocenters. The van der Waals surface area contributed by atoms with Gasteiger partial charge in [-0.15, -0.1) is 0 Å². The monoisotopic (exact) mass is 298 g/mol. The highest BCUT2D eigenvalue weighted by atomic mass is 16.3. The molecule has 0 aliphatic heterocycles. The fourth-order valence-corrected chi connectivity index (χ4v) is 2.69. The lowest BCUT2D eigenvalue weighted by Gasteiger charge is -2.24. The van der Waals surface area contributed by atoms with Crippen molar-refractivity contribution in [3.05, 3.63) is 47.5 Å². The van der Waals surface area contributed by atoms with Crippen molar-refractivity contribution < 1.29 is 10.2 Å². The molecule has 0 atom stereocenters. The Bertz CT molecular complexity index is 686. The van der Waals surface area contributed by atoms with Gasteiger partial charge in [0.05, 0.1) is 0 Å². The summed E-state index contributed by atoms with van der Waals surface area (Å²) in [7, 11) is 0. The minimum absolute atomic E-state index is 0.121. The number of phenols is 2. The van der Waals surface area contributed by atoms with Crippen LogP contribution in [0, 0.1) is 0 Å². The molecule has 2 aromatic rings. The summed E-state index contributed by atoms with van der Waals surface area (Å²) in [4.78, 5) is 0. The van der Waals surface area contributed by atoms with Crippen molar-refractivity contribution in [3.63, 3.8) is 0 Å². The average Bonchev–Trinajstić information content (AvgIpc) is 2.37. The lowest BCUT2D eigenvalue weighted by atomic mass is 9.82. The van der Waals surface area contributed by atoms with Crippen molar-refractivity contribution in [2.24, 2.45) is 0 Å². The van der Waals surface area contributed by atoms with Crippen LogP contribution < -0.4 is 0 Å². The van der Waals surface area contributed by atoms with Crippen LogP contribution in [0.25, 0.3) is 11.1 Å². The third kappa shape index (κ3) is 3.11. The fraction of sp³-hybridized carbons (Fsp3) is 0.400. The molecular formula is C20H26O2. The van der Waals surface area contributed by atoms with Gasteiger partial charge in [-0.05, 0) is 39.7 Å². The Hall–Kier alpha value is -1.96. The zero-order chi connectivity index (χ0) is 16.7. The first-order valence-corrected chi connectivity index (χ1v) is 7.68. The number of para-hydroxylation sites is 1. The molecule has 0 spiro atoms. The summed E-state index contributed by atoms with van der Waals surface area (Å²) in [5.41, 5.74) is 3.26. The van der Waals surface area contributed by atoms with Gasteiger partial charge in [0, 0.05) is 5.56 Å². The van der Waals surface area contributed by atoms with Crippen LogP contribution in [0.3, 0.4) is 0 Å². The zero-order valence-corrected chi connectivity index (χ0v) is 14.4. The Labute approximate surface area is 133 Å². The maximum absolute atomic E-state index is 10.7. The van der Waals surface area contributed by atoms with Gasteiger partial charge >= 0.3 is 0 Å². The Morgan fingerprint density at radius 1 is 0.727 bits per heavy atom. The van der Waals surface area contributed by atoms with E-state index in [1.54, 1.807) is 6.07 Å². The first kappa shape index (κ1) is 16.4. The van der Waals surface area contributed by atoms with Gasteiger partial charge in [-0.2, -0.15) is 0 Å². The largest absolute Gasteiger partial charge is 0.508 e. The number of rotatable bonds is 1. The van der Waals surface area contributed by atoms with Gasteiger partial charge in [0.2, 0.25) is 0 Å². The van der Waals surface area contributed by atoms with E-state index in [-0.39, 0.29) is 10.8 Å². The number of hydrogen-bond donors (Lipinski definition) is 2. The highest BCUT2D eigenvalue weighted by Gasteiger charge is 2.22. The van der Waals surface area contributed by atoms with Gasteiger partial charge in [0.1, 0.15) is 11.5 Å². The van der Waals surface area contributed by atoms with Gasteiger partial charge < -0.3 is 10.2 Å². The van der Waals surface area contributed by atoms with E-state index in [2.05, 4.69) is 41.5 Å². The molecule has 0 heterocycles. The topological polar surface area (TPSA) is 40.5 Å². The van der Waals surface area contributed by atoms with E-state index in [9.17, 15) is 10.2 Å². The van der Waals surface area contributed by atoms with E-state index in [0.29, 0.717) is 11.5 Å². The SMILES string of the molecule is CC(C)(C)c1cc(-c2cccc(C(C)(C)C)c2O)ccc1O. The first-order valence-electron chi connectivity index (χ1n) is 7.68. The highest BCUT2D eigenvalue weighted by molar-refractivity contribution is 5.74. The number of aromatic hydroxyl groups is 2. The molecule has 2 rings (SSSR count). The van der Waals surface area contributed by atoms with Crippen LogP contribution in [0.4, 0.5) is 0 Å². The van der Waals surface area contributed by atoms with E-state index >= 15 is 0 Å². The molecule has 0 saturated carbocycles. The summed E-state index contributed by atoms with van der Waals surface area (Å²) >= 11 is 0. The normalized spacial score (nSPS) is 12.5. The molecule has 0 saturated heterocycles. The van der Waals surface area contributed by atoms with Crippen LogP contribution in [0.2, 0.25) is 0 Å². The predicted octanol–water partition coefficient (Wildman–Crippen LogP) is 5.36. The summed E-state index contributed by atoms with van der Waals surface area (Å²) in [6.07, 6.45) is 0. The molecule has 2 aromatic carbocycles. The standard InChI is InChI=1S/C20H26O2/c1-19(2,3)15-9-7-8-14(18(15)22)13-10-11-17(21)16(12-13)20(4,5)6/h7-12,21-22H,1-6H3. The lowest BCUT2D eigenvalue weighted by molar-refractivity contribution is 0.445. The second kappa shape index (κ2) is 5.35. The maximum Gasteiger partial charge on any atom is 0.127 e. The van der Waals surface area contributed by atoms with Crippen LogP contribution >= 0.6 is 0 Å². The summed E-state index contributed by atoms with van der Waals surface area (Å²) in [5, 5.41) is 20.8. The molecule has 0 fully saturated rings. The van der Waals surface area contributed by atoms with Crippen molar-refractivity contribution in [1.82, 2.24) is 0 Å². The Morgan fingerprint density at radius 3 is 1.86 bits per heavy atom. The summed E-state index contributed by atoms with van der Waals surface area (Å²) in [6.45, 7) is 12.5. The Kier molecular flexibility index (Phi) is 3.99. The van der Waals surface area contributed by atoms with Crippen LogP contribution in [0.1, 0.15) is 52.7 Å². The summed E-state index contributed by atoms with van der Waals surface area (Å²) < 4.78 is 0. The van der Waals surface area contributed by atoms with Crippen molar-refractivity contribution >= 4 is 0 Å². The van der Waals surface area contributed by atoms with Gasteiger partial charge in [0.15, 0.2) is 0 Å². The van der Waals surface area contributed by atoms with E-state index < -0.39 is 0 Å². The second-order valence-corrected chi connectivity index (χ2v) is 7.93. The minimum atomic E-state index is -0.155. The number of benzene rings is 2. The van der Waals surface area contributed by atoms with Crippen molar-refractivity contribution in [1.29, 1.82) is 0 Å². The molecular weight excluding hydrogens is 272 g/mol. The molecule has 0 aromatic heterocycles. The molecule has 2 nitrogen and oxygen atoms in total. The molecule has 0 radical (unpaired) electrons. The van der Waals surface area contributed by atoms with E-state index in [1.165, 1.54) is 0 Å². The Morgan fingerprint density at radius 2 is 1.32 bits per heavy atom. The van der Waals surface area contributed by atoms with E-state index in [0.717, 1.165) is 22.3 Å². The van der Waals surface area contributed by atoms with Gasteiger partial charge in [-0.3, -0.25) is 0 Å².